The summed E-state index contributed by atoms with van der Waals surface area (Å²) in [6, 6.07) is 12.8. The normalized spacial score (nSPS) is 11.0. The smallest absolute Gasteiger partial charge is 0.262 e. The molecule has 1 heterocycles. The highest BCUT2D eigenvalue weighted by Crippen LogP contribution is 2.26. The van der Waals surface area contributed by atoms with Gasteiger partial charge in [0, 0.05) is 6.04 Å². The second-order valence-corrected chi connectivity index (χ2v) is 7.66. The van der Waals surface area contributed by atoms with Crippen molar-refractivity contribution in [3.63, 3.8) is 0 Å². The number of rotatable bonds is 6. The quantitative estimate of drug-likeness (QED) is 0.502. The van der Waals surface area contributed by atoms with Crippen molar-refractivity contribution in [3.8, 4) is 5.75 Å². The molecule has 0 atom stereocenters. The van der Waals surface area contributed by atoms with Crippen molar-refractivity contribution in [1.82, 2.24) is 9.55 Å². The van der Waals surface area contributed by atoms with Crippen molar-refractivity contribution >= 4 is 34.3 Å². The van der Waals surface area contributed by atoms with Crippen LogP contribution in [0.1, 0.15) is 25.5 Å². The Morgan fingerprint density at radius 2 is 2.00 bits per heavy atom. The van der Waals surface area contributed by atoms with Crippen LogP contribution in [-0.4, -0.2) is 28.3 Å². The zero-order valence-electron chi connectivity index (χ0n) is 16.4. The number of thioether (sulfide) groups is 1. The highest BCUT2D eigenvalue weighted by Gasteiger charge is 2.16. The van der Waals surface area contributed by atoms with E-state index < -0.39 is 0 Å². The Labute approximate surface area is 167 Å². The SMILES string of the molecule is COc1ccc(C)cc1NC(=O)CSc1nc2ccccc2c(=O)n1C(C)C. The molecule has 0 aliphatic heterocycles. The van der Waals surface area contributed by atoms with Crippen LogP contribution in [-0.2, 0) is 4.79 Å². The number of hydrogen-bond acceptors (Lipinski definition) is 5. The van der Waals surface area contributed by atoms with Crippen molar-refractivity contribution in [2.24, 2.45) is 0 Å². The van der Waals surface area contributed by atoms with Crippen LogP contribution in [0.25, 0.3) is 10.9 Å². The molecule has 1 N–H and O–H groups in total. The fourth-order valence-corrected chi connectivity index (χ4v) is 3.85. The number of benzene rings is 2. The number of carbonyl (C=O) groups excluding carboxylic acids is 1. The van der Waals surface area contributed by atoms with Crippen molar-refractivity contribution in [1.29, 1.82) is 0 Å². The summed E-state index contributed by atoms with van der Waals surface area (Å²) in [5.41, 5.74) is 2.19. The largest absolute Gasteiger partial charge is 0.495 e. The fourth-order valence-electron chi connectivity index (χ4n) is 2.92. The van der Waals surface area contributed by atoms with Crippen LogP contribution < -0.4 is 15.6 Å². The van der Waals surface area contributed by atoms with Crippen LogP contribution in [0, 0.1) is 6.92 Å². The van der Waals surface area contributed by atoms with E-state index in [1.807, 2.05) is 57.2 Å². The van der Waals surface area contributed by atoms with Gasteiger partial charge in [0.05, 0.1) is 29.5 Å². The second-order valence-electron chi connectivity index (χ2n) is 6.72. The molecule has 2 aromatic carbocycles. The van der Waals surface area contributed by atoms with Crippen molar-refractivity contribution in [3.05, 3.63) is 58.4 Å². The first-order valence-corrected chi connectivity index (χ1v) is 9.98. The maximum atomic E-state index is 12.8. The minimum absolute atomic E-state index is 0.0629. The van der Waals surface area contributed by atoms with E-state index in [9.17, 15) is 9.59 Å². The lowest BCUT2D eigenvalue weighted by atomic mass is 10.2. The Morgan fingerprint density at radius 1 is 1.25 bits per heavy atom. The van der Waals surface area contributed by atoms with Crippen LogP contribution in [0.3, 0.4) is 0 Å². The van der Waals surface area contributed by atoms with Crippen LogP contribution >= 0.6 is 11.8 Å². The first kappa shape index (κ1) is 19.9. The molecule has 146 valence electrons. The Morgan fingerprint density at radius 3 is 2.71 bits per heavy atom. The maximum Gasteiger partial charge on any atom is 0.262 e. The van der Waals surface area contributed by atoms with Gasteiger partial charge in [0.15, 0.2) is 5.16 Å². The summed E-state index contributed by atoms with van der Waals surface area (Å²) in [5, 5.41) is 3.98. The van der Waals surface area contributed by atoms with Crippen molar-refractivity contribution < 1.29 is 9.53 Å². The Hall–Kier alpha value is -2.80. The average molecular weight is 398 g/mol. The molecule has 0 fully saturated rings. The number of anilines is 1. The molecule has 0 saturated heterocycles. The lowest BCUT2D eigenvalue weighted by Gasteiger charge is -2.16. The predicted molar refractivity (Wildman–Crippen MR) is 113 cm³/mol. The van der Waals surface area contributed by atoms with Gasteiger partial charge in [-0.25, -0.2) is 4.98 Å². The fraction of sp³-hybridized carbons (Fsp3) is 0.286. The maximum absolute atomic E-state index is 12.8. The zero-order chi connectivity index (χ0) is 20.3. The number of ether oxygens (including phenoxy) is 1. The van der Waals surface area contributed by atoms with E-state index >= 15 is 0 Å². The Kier molecular flexibility index (Phi) is 6.04. The third-order valence-electron chi connectivity index (χ3n) is 4.25. The van der Waals surface area contributed by atoms with Gasteiger partial charge in [-0.15, -0.1) is 0 Å². The first-order valence-electron chi connectivity index (χ1n) is 8.99. The van der Waals surface area contributed by atoms with Crippen LogP contribution in [0.5, 0.6) is 5.75 Å². The van der Waals surface area contributed by atoms with E-state index in [2.05, 4.69) is 10.3 Å². The van der Waals surface area contributed by atoms with E-state index in [0.29, 0.717) is 27.5 Å². The number of aryl methyl sites for hydroxylation is 1. The number of fused-ring (bicyclic) bond motifs is 1. The molecule has 28 heavy (non-hydrogen) atoms. The topological polar surface area (TPSA) is 73.2 Å². The number of para-hydroxylation sites is 1. The lowest BCUT2D eigenvalue weighted by molar-refractivity contribution is -0.113. The van der Waals surface area contributed by atoms with Gasteiger partial charge in [0.25, 0.3) is 5.56 Å². The molecule has 0 radical (unpaired) electrons. The molecule has 3 aromatic rings. The number of carbonyl (C=O) groups is 1. The number of nitrogens with zero attached hydrogens (tertiary/aromatic N) is 2. The molecule has 3 rings (SSSR count). The highest BCUT2D eigenvalue weighted by molar-refractivity contribution is 7.99. The van der Waals surface area contributed by atoms with Gasteiger partial charge >= 0.3 is 0 Å². The van der Waals surface area contributed by atoms with Crippen LogP contribution in [0.2, 0.25) is 0 Å². The monoisotopic (exact) mass is 397 g/mol. The molecular formula is C21H23N3O3S. The average Bonchev–Trinajstić information content (AvgIpc) is 2.66. The third-order valence-corrected chi connectivity index (χ3v) is 5.21. The molecule has 0 saturated carbocycles. The number of hydrogen-bond donors (Lipinski definition) is 1. The molecule has 6 nitrogen and oxygen atoms in total. The highest BCUT2D eigenvalue weighted by atomic mass is 32.2. The number of aromatic nitrogens is 2. The van der Waals surface area contributed by atoms with Gasteiger partial charge in [-0.05, 0) is 50.6 Å². The summed E-state index contributed by atoms with van der Waals surface area (Å²) in [7, 11) is 1.56. The first-order chi connectivity index (χ1) is 13.4. The van der Waals surface area contributed by atoms with Gasteiger partial charge in [0.1, 0.15) is 5.75 Å². The zero-order valence-corrected chi connectivity index (χ0v) is 17.2. The summed E-state index contributed by atoms with van der Waals surface area (Å²) in [6.07, 6.45) is 0. The molecule has 0 unspecified atom stereocenters. The second kappa shape index (κ2) is 8.48. The molecule has 0 bridgehead atoms. The van der Waals surface area contributed by atoms with Gasteiger partial charge < -0.3 is 10.1 Å². The minimum Gasteiger partial charge on any atom is -0.495 e. The molecular weight excluding hydrogens is 374 g/mol. The molecule has 0 aliphatic carbocycles. The van der Waals surface area contributed by atoms with Crippen molar-refractivity contribution in [2.45, 2.75) is 32.0 Å². The number of nitrogens with one attached hydrogen (secondary N) is 1. The summed E-state index contributed by atoms with van der Waals surface area (Å²) in [4.78, 5) is 29.9. The number of methoxy groups -OCH3 is 1. The molecule has 0 aliphatic rings. The van der Waals surface area contributed by atoms with E-state index in [-0.39, 0.29) is 23.3 Å². The van der Waals surface area contributed by atoms with Crippen molar-refractivity contribution in [2.75, 3.05) is 18.2 Å². The van der Waals surface area contributed by atoms with Gasteiger partial charge in [0.2, 0.25) is 5.91 Å². The Bertz CT molecular complexity index is 1080. The summed E-state index contributed by atoms with van der Waals surface area (Å²) in [6.45, 7) is 5.81. The third kappa shape index (κ3) is 4.20. The minimum atomic E-state index is -0.188. The van der Waals surface area contributed by atoms with E-state index in [1.165, 1.54) is 11.8 Å². The van der Waals surface area contributed by atoms with E-state index in [1.54, 1.807) is 17.7 Å². The van der Waals surface area contributed by atoms with Gasteiger partial charge in [-0.3, -0.25) is 14.2 Å². The summed E-state index contributed by atoms with van der Waals surface area (Å²) < 4.78 is 6.93. The lowest BCUT2D eigenvalue weighted by Crippen LogP contribution is -2.25. The molecule has 7 heteroatoms. The molecule has 0 spiro atoms. The predicted octanol–water partition coefficient (Wildman–Crippen LogP) is 4.03. The molecule has 1 aromatic heterocycles. The standard InChI is InChI=1S/C21H23N3O3S/c1-13(2)24-20(26)15-7-5-6-8-16(15)23-21(24)28-12-19(25)22-17-11-14(3)9-10-18(17)27-4/h5-11,13H,12H2,1-4H3,(H,22,25). The van der Waals surface area contributed by atoms with Crippen LogP contribution in [0.4, 0.5) is 5.69 Å². The van der Waals surface area contributed by atoms with Gasteiger partial charge in [-0.2, -0.15) is 0 Å². The summed E-state index contributed by atoms with van der Waals surface area (Å²) in [5.74, 6) is 0.549. The summed E-state index contributed by atoms with van der Waals surface area (Å²) >= 11 is 1.25. The van der Waals surface area contributed by atoms with E-state index in [4.69, 9.17) is 4.74 Å². The number of amides is 1. The van der Waals surface area contributed by atoms with E-state index in [0.717, 1.165) is 5.56 Å². The Balaban J connectivity index is 1.83. The molecule has 1 amide bonds. The van der Waals surface area contributed by atoms with Crippen LogP contribution in [0.15, 0.2) is 52.4 Å². The van der Waals surface area contributed by atoms with Gasteiger partial charge in [-0.1, -0.05) is 30.0 Å².